The lowest BCUT2D eigenvalue weighted by Crippen LogP contribution is -2.27. The molecule has 0 heterocycles. The third-order valence-corrected chi connectivity index (χ3v) is 5.99. The highest BCUT2D eigenvalue weighted by atomic mass is 79.9. The number of nitrogens with one attached hydrogen (secondary N) is 1. The summed E-state index contributed by atoms with van der Waals surface area (Å²) in [6.45, 7) is 0.287. The number of fused-ring (bicyclic) bond motifs is 5. The van der Waals surface area contributed by atoms with Gasteiger partial charge in [-0.3, -0.25) is 4.79 Å². The Bertz CT molecular complexity index is 560. The van der Waals surface area contributed by atoms with E-state index in [0.29, 0.717) is 17.4 Å². The molecule has 4 heteroatoms. The van der Waals surface area contributed by atoms with E-state index in [-0.39, 0.29) is 24.2 Å². The van der Waals surface area contributed by atoms with Crippen LogP contribution >= 0.6 is 15.9 Å². The van der Waals surface area contributed by atoms with E-state index in [1.807, 2.05) is 0 Å². The van der Waals surface area contributed by atoms with Gasteiger partial charge in [0.05, 0.1) is 0 Å². The van der Waals surface area contributed by atoms with Crippen LogP contribution in [0, 0.1) is 35.4 Å². The summed E-state index contributed by atoms with van der Waals surface area (Å²) in [6, 6.07) is 4.83. The van der Waals surface area contributed by atoms with Crippen LogP contribution in [0.5, 0.6) is 0 Å². The van der Waals surface area contributed by atoms with Gasteiger partial charge in [0.15, 0.2) is 0 Å². The second-order valence-electron chi connectivity index (χ2n) is 6.47. The molecular weight excluding hydrogens is 321 g/mol. The smallest absolute Gasteiger partial charge is 0.223 e. The molecule has 0 saturated heterocycles. The van der Waals surface area contributed by atoms with Crippen molar-refractivity contribution in [1.82, 2.24) is 5.32 Å². The van der Waals surface area contributed by atoms with E-state index >= 15 is 0 Å². The normalized spacial score (nSPS) is 36.8. The Morgan fingerprint density at radius 2 is 2.00 bits per heavy atom. The predicted molar refractivity (Wildman–Crippen MR) is 77.2 cm³/mol. The van der Waals surface area contributed by atoms with Gasteiger partial charge in [-0.2, -0.15) is 0 Å². The van der Waals surface area contributed by atoms with E-state index in [2.05, 4.69) is 21.2 Å². The van der Waals surface area contributed by atoms with Gasteiger partial charge in [-0.25, -0.2) is 4.39 Å². The van der Waals surface area contributed by atoms with E-state index in [0.717, 1.165) is 16.3 Å². The third kappa shape index (κ3) is 1.92. The molecular formula is C16H17BrFNO. The van der Waals surface area contributed by atoms with Crippen molar-refractivity contribution in [2.24, 2.45) is 29.6 Å². The summed E-state index contributed by atoms with van der Waals surface area (Å²) in [5, 5.41) is 2.93. The quantitative estimate of drug-likeness (QED) is 0.898. The van der Waals surface area contributed by atoms with Crippen molar-refractivity contribution >= 4 is 21.8 Å². The lowest BCUT2D eigenvalue weighted by Gasteiger charge is -2.10. The van der Waals surface area contributed by atoms with Crippen molar-refractivity contribution in [2.75, 3.05) is 0 Å². The predicted octanol–water partition coefficient (Wildman–Crippen LogP) is 3.50. The standard InChI is InChI=1S/C16H17BrFNO/c17-11-3-4-12(18)10(6-11)7-19-16(20)15-13-8-1-2-9(5-8)14(13)15/h3-4,6,8-9,13-15H,1-2,5,7H2,(H,19,20). The van der Waals surface area contributed by atoms with Crippen molar-refractivity contribution in [3.63, 3.8) is 0 Å². The topological polar surface area (TPSA) is 29.1 Å². The first-order valence-corrected chi connectivity index (χ1v) is 8.16. The summed E-state index contributed by atoms with van der Waals surface area (Å²) in [5.41, 5.74) is 0.543. The Balaban J connectivity index is 1.39. The molecule has 0 aliphatic heterocycles. The molecule has 106 valence electrons. The molecule has 3 saturated carbocycles. The maximum Gasteiger partial charge on any atom is 0.223 e. The summed E-state index contributed by atoms with van der Waals surface area (Å²) < 4.78 is 14.5. The van der Waals surface area contributed by atoms with Crippen molar-refractivity contribution in [3.05, 3.63) is 34.1 Å². The summed E-state index contributed by atoms with van der Waals surface area (Å²) >= 11 is 3.33. The summed E-state index contributed by atoms with van der Waals surface area (Å²) in [6.07, 6.45) is 3.98. The number of carbonyl (C=O) groups is 1. The van der Waals surface area contributed by atoms with Crippen LogP contribution in [0.2, 0.25) is 0 Å². The van der Waals surface area contributed by atoms with Crippen LogP contribution in [0.3, 0.4) is 0 Å². The molecule has 4 atom stereocenters. The van der Waals surface area contributed by atoms with Crippen molar-refractivity contribution < 1.29 is 9.18 Å². The summed E-state index contributed by atoms with van der Waals surface area (Å²) in [7, 11) is 0. The minimum absolute atomic E-state index is 0.135. The summed E-state index contributed by atoms with van der Waals surface area (Å²) in [4.78, 5) is 12.3. The molecule has 3 fully saturated rings. The van der Waals surface area contributed by atoms with Gasteiger partial charge in [0.25, 0.3) is 0 Å². The van der Waals surface area contributed by atoms with Gasteiger partial charge in [-0.1, -0.05) is 15.9 Å². The first-order chi connectivity index (χ1) is 9.65. The number of halogens is 2. The van der Waals surface area contributed by atoms with Gasteiger partial charge >= 0.3 is 0 Å². The Morgan fingerprint density at radius 1 is 1.30 bits per heavy atom. The molecule has 0 aromatic heterocycles. The molecule has 0 radical (unpaired) electrons. The summed E-state index contributed by atoms with van der Waals surface area (Å²) in [5.74, 6) is 2.96. The fourth-order valence-electron chi connectivity index (χ4n) is 4.65. The molecule has 0 spiro atoms. The average Bonchev–Trinajstić information content (AvgIpc) is 2.88. The van der Waals surface area contributed by atoms with Gasteiger partial charge in [0.2, 0.25) is 5.91 Å². The molecule has 4 unspecified atom stereocenters. The minimum atomic E-state index is -0.260. The fourth-order valence-corrected chi connectivity index (χ4v) is 5.06. The molecule has 4 rings (SSSR count). The van der Waals surface area contributed by atoms with Gasteiger partial charge in [-0.15, -0.1) is 0 Å². The maximum atomic E-state index is 13.6. The van der Waals surface area contributed by atoms with E-state index in [4.69, 9.17) is 0 Å². The Kier molecular flexibility index (Phi) is 2.92. The van der Waals surface area contributed by atoms with Crippen LogP contribution in [-0.2, 0) is 11.3 Å². The van der Waals surface area contributed by atoms with Gasteiger partial charge in [0, 0.05) is 22.5 Å². The highest BCUT2D eigenvalue weighted by Gasteiger charge is 2.67. The zero-order valence-electron chi connectivity index (χ0n) is 11.1. The number of hydrogen-bond acceptors (Lipinski definition) is 1. The zero-order chi connectivity index (χ0) is 13.9. The lowest BCUT2D eigenvalue weighted by molar-refractivity contribution is -0.123. The maximum absolute atomic E-state index is 13.6. The molecule has 1 amide bonds. The zero-order valence-corrected chi connectivity index (χ0v) is 12.7. The van der Waals surface area contributed by atoms with Crippen LogP contribution in [-0.4, -0.2) is 5.91 Å². The highest BCUT2D eigenvalue weighted by molar-refractivity contribution is 9.10. The van der Waals surface area contributed by atoms with Crippen molar-refractivity contribution in [1.29, 1.82) is 0 Å². The highest BCUT2D eigenvalue weighted by Crippen LogP contribution is 2.69. The third-order valence-electron chi connectivity index (χ3n) is 5.50. The molecule has 1 aromatic carbocycles. The fraction of sp³-hybridized carbons (Fsp3) is 0.562. The molecule has 3 aliphatic rings. The first kappa shape index (κ1) is 12.8. The average molecular weight is 338 g/mol. The number of carbonyl (C=O) groups excluding carboxylic acids is 1. The second-order valence-corrected chi connectivity index (χ2v) is 7.38. The largest absolute Gasteiger partial charge is 0.352 e. The van der Waals surface area contributed by atoms with Gasteiger partial charge < -0.3 is 5.32 Å². The SMILES string of the molecule is O=C(NCc1cc(Br)ccc1F)C1C2C3CCC(C3)C12. The minimum Gasteiger partial charge on any atom is -0.352 e. The van der Waals surface area contributed by atoms with E-state index in [1.54, 1.807) is 12.1 Å². The van der Waals surface area contributed by atoms with Gasteiger partial charge in [-0.05, 0) is 61.1 Å². The van der Waals surface area contributed by atoms with Crippen molar-refractivity contribution in [2.45, 2.75) is 25.8 Å². The molecule has 3 aliphatic carbocycles. The van der Waals surface area contributed by atoms with E-state index in [1.165, 1.54) is 25.3 Å². The number of benzene rings is 1. The lowest BCUT2D eigenvalue weighted by atomic mass is 10.0. The Morgan fingerprint density at radius 3 is 2.70 bits per heavy atom. The van der Waals surface area contributed by atoms with Crippen molar-refractivity contribution in [3.8, 4) is 0 Å². The van der Waals surface area contributed by atoms with Crippen LogP contribution in [0.15, 0.2) is 22.7 Å². The van der Waals surface area contributed by atoms with Crippen LogP contribution in [0.4, 0.5) is 4.39 Å². The van der Waals surface area contributed by atoms with Crippen LogP contribution in [0.1, 0.15) is 24.8 Å². The van der Waals surface area contributed by atoms with Gasteiger partial charge in [0.1, 0.15) is 5.82 Å². The number of rotatable bonds is 3. The molecule has 1 N–H and O–H groups in total. The Hall–Kier alpha value is -0.900. The first-order valence-electron chi connectivity index (χ1n) is 7.37. The molecule has 20 heavy (non-hydrogen) atoms. The Labute approximate surface area is 126 Å². The molecule has 2 nitrogen and oxygen atoms in total. The van der Waals surface area contributed by atoms with E-state index < -0.39 is 0 Å². The van der Waals surface area contributed by atoms with Crippen LogP contribution < -0.4 is 5.32 Å². The number of amides is 1. The number of hydrogen-bond donors (Lipinski definition) is 1. The van der Waals surface area contributed by atoms with E-state index in [9.17, 15) is 9.18 Å². The molecule has 2 bridgehead atoms. The monoisotopic (exact) mass is 337 g/mol. The second kappa shape index (κ2) is 4.55. The van der Waals surface area contributed by atoms with Crippen LogP contribution in [0.25, 0.3) is 0 Å². The molecule has 1 aromatic rings.